The fourth-order valence-electron chi connectivity index (χ4n) is 3.37. The van der Waals surface area contributed by atoms with Crippen LogP contribution >= 0.6 is 0 Å². The van der Waals surface area contributed by atoms with E-state index in [-0.39, 0.29) is 0 Å². The summed E-state index contributed by atoms with van der Waals surface area (Å²) in [6.45, 7) is 5.04. The Hall–Kier alpha value is -3.60. The molecule has 0 radical (unpaired) electrons. The van der Waals surface area contributed by atoms with Gasteiger partial charge in [0, 0.05) is 17.1 Å². The predicted octanol–water partition coefficient (Wildman–Crippen LogP) is 5.76. The zero-order valence-corrected chi connectivity index (χ0v) is 17.3. The highest BCUT2D eigenvalue weighted by Gasteiger charge is 2.12. The van der Waals surface area contributed by atoms with Gasteiger partial charge in [0.1, 0.15) is 12.1 Å². The summed E-state index contributed by atoms with van der Waals surface area (Å²) in [6, 6.07) is 22.7. The van der Waals surface area contributed by atoms with Gasteiger partial charge in [0.25, 0.3) is 0 Å². The molecule has 3 aromatic carbocycles. The van der Waals surface area contributed by atoms with Crippen molar-refractivity contribution in [2.75, 3.05) is 18.5 Å². The molecule has 1 N–H and O–H groups in total. The number of anilines is 2. The van der Waals surface area contributed by atoms with Gasteiger partial charge < -0.3 is 14.8 Å². The number of aromatic nitrogens is 2. The third kappa shape index (κ3) is 4.51. The van der Waals surface area contributed by atoms with Crippen LogP contribution in [0, 0.1) is 0 Å². The van der Waals surface area contributed by atoms with Gasteiger partial charge in [-0.25, -0.2) is 9.97 Å². The molecule has 0 amide bonds. The van der Waals surface area contributed by atoms with Crippen molar-refractivity contribution in [3.05, 3.63) is 84.2 Å². The second-order valence-electron chi connectivity index (χ2n) is 6.89. The van der Waals surface area contributed by atoms with Crippen molar-refractivity contribution in [2.24, 2.45) is 0 Å². The van der Waals surface area contributed by atoms with E-state index in [1.165, 1.54) is 11.1 Å². The molecule has 0 aliphatic rings. The molecule has 4 rings (SSSR count). The van der Waals surface area contributed by atoms with Crippen LogP contribution in [0.15, 0.2) is 73.1 Å². The molecular weight excluding hydrogens is 374 g/mol. The maximum atomic E-state index is 5.77. The first kappa shape index (κ1) is 19.7. The predicted molar refractivity (Wildman–Crippen MR) is 121 cm³/mol. The Labute approximate surface area is 176 Å². The van der Waals surface area contributed by atoms with E-state index in [4.69, 9.17) is 9.47 Å². The van der Waals surface area contributed by atoms with Crippen LogP contribution in [0.3, 0.4) is 0 Å². The van der Waals surface area contributed by atoms with E-state index in [2.05, 4.69) is 63.8 Å². The second kappa shape index (κ2) is 9.27. The number of hydrogen-bond donors (Lipinski definition) is 1. The molecule has 0 aliphatic heterocycles. The number of rotatable bonds is 8. The number of nitrogens with zero attached hydrogens (tertiary/aromatic N) is 2. The van der Waals surface area contributed by atoms with Crippen LogP contribution in [0.25, 0.3) is 10.9 Å². The van der Waals surface area contributed by atoms with E-state index in [9.17, 15) is 0 Å². The largest absolute Gasteiger partial charge is 0.490 e. The first-order chi connectivity index (χ1) is 14.8. The summed E-state index contributed by atoms with van der Waals surface area (Å²) in [6.07, 6.45) is 2.47. The number of hydrogen-bond acceptors (Lipinski definition) is 5. The molecule has 0 atom stereocenters. The van der Waals surface area contributed by atoms with Crippen molar-refractivity contribution >= 4 is 22.4 Å². The molecule has 0 fully saturated rings. The lowest BCUT2D eigenvalue weighted by Gasteiger charge is -2.14. The van der Waals surface area contributed by atoms with Gasteiger partial charge in [-0.3, -0.25) is 0 Å². The second-order valence-corrected chi connectivity index (χ2v) is 6.89. The minimum Gasteiger partial charge on any atom is -0.490 e. The van der Waals surface area contributed by atoms with E-state index < -0.39 is 0 Å². The maximum Gasteiger partial charge on any atom is 0.163 e. The summed E-state index contributed by atoms with van der Waals surface area (Å²) in [4.78, 5) is 8.85. The quantitative estimate of drug-likeness (QED) is 0.408. The van der Waals surface area contributed by atoms with E-state index in [1.807, 2.05) is 32.0 Å². The first-order valence-electron chi connectivity index (χ1n) is 10.2. The molecule has 4 aromatic rings. The van der Waals surface area contributed by atoms with E-state index in [0.717, 1.165) is 28.8 Å². The molecule has 1 heterocycles. The minimum atomic E-state index is 0.560. The lowest BCUT2D eigenvalue weighted by molar-refractivity contribution is 0.288. The molecule has 0 unspecified atom stereocenters. The van der Waals surface area contributed by atoms with Gasteiger partial charge in [0.05, 0.1) is 18.7 Å². The molecular formula is C25H25N3O2. The van der Waals surface area contributed by atoms with Crippen molar-refractivity contribution < 1.29 is 9.47 Å². The normalized spacial score (nSPS) is 10.7. The molecule has 152 valence electrons. The number of benzene rings is 3. The Morgan fingerprint density at radius 3 is 2.13 bits per heavy atom. The Morgan fingerprint density at radius 1 is 0.767 bits per heavy atom. The fraction of sp³-hybridized carbons (Fsp3) is 0.200. The van der Waals surface area contributed by atoms with Crippen molar-refractivity contribution in [3.8, 4) is 11.5 Å². The van der Waals surface area contributed by atoms with E-state index in [0.29, 0.717) is 24.7 Å². The zero-order chi connectivity index (χ0) is 20.8. The summed E-state index contributed by atoms with van der Waals surface area (Å²) in [7, 11) is 0. The molecule has 0 saturated heterocycles. The van der Waals surface area contributed by atoms with Crippen molar-refractivity contribution in [2.45, 2.75) is 20.3 Å². The van der Waals surface area contributed by atoms with Gasteiger partial charge in [-0.1, -0.05) is 42.5 Å². The van der Waals surface area contributed by atoms with Crippen molar-refractivity contribution in [1.29, 1.82) is 0 Å². The van der Waals surface area contributed by atoms with Crippen LogP contribution < -0.4 is 14.8 Å². The number of fused-ring (bicyclic) bond motifs is 1. The Kier molecular flexibility index (Phi) is 6.09. The highest BCUT2D eigenvalue weighted by Crippen LogP contribution is 2.35. The van der Waals surface area contributed by atoms with Gasteiger partial charge >= 0.3 is 0 Å². The van der Waals surface area contributed by atoms with Gasteiger partial charge in [-0.15, -0.1) is 0 Å². The SMILES string of the molecule is CCOc1cc2ncnc(Nc3ccc(Cc4ccccc4)cc3)c2cc1OCC. The van der Waals surface area contributed by atoms with Crippen LogP contribution in [-0.2, 0) is 6.42 Å². The summed E-state index contributed by atoms with van der Waals surface area (Å²) >= 11 is 0. The molecule has 0 spiro atoms. The average Bonchev–Trinajstić information content (AvgIpc) is 2.77. The molecule has 0 saturated carbocycles. The molecule has 5 heteroatoms. The third-order valence-corrected chi connectivity index (χ3v) is 4.77. The van der Waals surface area contributed by atoms with Crippen LogP contribution in [0.4, 0.5) is 11.5 Å². The van der Waals surface area contributed by atoms with E-state index >= 15 is 0 Å². The first-order valence-corrected chi connectivity index (χ1v) is 10.2. The fourth-order valence-corrected chi connectivity index (χ4v) is 3.37. The molecule has 5 nitrogen and oxygen atoms in total. The zero-order valence-electron chi connectivity index (χ0n) is 17.3. The Balaban J connectivity index is 1.59. The monoisotopic (exact) mass is 399 g/mol. The third-order valence-electron chi connectivity index (χ3n) is 4.77. The topological polar surface area (TPSA) is 56.3 Å². The van der Waals surface area contributed by atoms with E-state index in [1.54, 1.807) is 6.33 Å². The van der Waals surface area contributed by atoms with Crippen molar-refractivity contribution in [3.63, 3.8) is 0 Å². The maximum absolute atomic E-state index is 5.77. The van der Waals surface area contributed by atoms with Gasteiger partial charge in [0.15, 0.2) is 11.5 Å². The van der Waals surface area contributed by atoms with Gasteiger partial charge in [0.2, 0.25) is 0 Å². The molecule has 30 heavy (non-hydrogen) atoms. The highest BCUT2D eigenvalue weighted by atomic mass is 16.5. The smallest absolute Gasteiger partial charge is 0.163 e. The van der Waals surface area contributed by atoms with Crippen LogP contribution in [0.5, 0.6) is 11.5 Å². The number of ether oxygens (including phenoxy) is 2. The molecule has 0 bridgehead atoms. The summed E-state index contributed by atoms with van der Waals surface area (Å²) < 4.78 is 11.5. The summed E-state index contributed by atoms with van der Waals surface area (Å²) in [5, 5.41) is 4.30. The molecule has 1 aromatic heterocycles. The molecule has 0 aliphatic carbocycles. The Bertz CT molecular complexity index is 1110. The van der Waals surface area contributed by atoms with Crippen molar-refractivity contribution in [1.82, 2.24) is 9.97 Å². The van der Waals surface area contributed by atoms with Crippen LogP contribution in [0.1, 0.15) is 25.0 Å². The Morgan fingerprint density at radius 2 is 1.43 bits per heavy atom. The lowest BCUT2D eigenvalue weighted by Crippen LogP contribution is -2.01. The van der Waals surface area contributed by atoms with Crippen LogP contribution in [-0.4, -0.2) is 23.2 Å². The number of nitrogens with one attached hydrogen (secondary N) is 1. The summed E-state index contributed by atoms with van der Waals surface area (Å²) in [5.74, 6) is 2.13. The van der Waals surface area contributed by atoms with Gasteiger partial charge in [-0.2, -0.15) is 0 Å². The average molecular weight is 399 g/mol. The summed E-state index contributed by atoms with van der Waals surface area (Å²) in [5.41, 5.74) is 4.34. The van der Waals surface area contributed by atoms with Gasteiger partial charge in [-0.05, 0) is 49.6 Å². The lowest BCUT2D eigenvalue weighted by atomic mass is 10.0. The highest BCUT2D eigenvalue weighted by molar-refractivity contribution is 5.93. The minimum absolute atomic E-state index is 0.560. The van der Waals surface area contributed by atoms with Crippen LogP contribution in [0.2, 0.25) is 0 Å². The standard InChI is InChI=1S/C25H25N3O2/c1-3-29-23-15-21-22(16-24(23)30-4-2)26-17-27-25(21)28-20-12-10-19(11-13-20)14-18-8-6-5-7-9-18/h5-13,15-17H,3-4,14H2,1-2H3,(H,26,27,28).